The molecule has 0 heterocycles. The van der Waals surface area contributed by atoms with Crippen LogP contribution in [-0.4, -0.2) is 6.29 Å². The van der Waals surface area contributed by atoms with E-state index in [9.17, 15) is 4.79 Å². The molecule has 0 radical (unpaired) electrons. The van der Waals surface area contributed by atoms with Gasteiger partial charge in [0.05, 0.1) is 0 Å². The molecule has 0 fully saturated rings. The molecule has 1 aliphatic carbocycles. The number of hydrogen-bond acceptors (Lipinski definition) is 1. The van der Waals surface area contributed by atoms with E-state index >= 15 is 0 Å². The molecule has 96 valence electrons. The number of hydrogen-bond donors (Lipinski definition) is 0. The monoisotopic (exact) mass is 234 g/mol. The van der Waals surface area contributed by atoms with Crippen LogP contribution in [0.4, 0.5) is 0 Å². The molecule has 0 aliphatic heterocycles. The van der Waals surface area contributed by atoms with Gasteiger partial charge in [0.1, 0.15) is 6.29 Å². The summed E-state index contributed by atoms with van der Waals surface area (Å²) in [5, 5.41) is 0. The molecule has 0 aromatic heterocycles. The van der Waals surface area contributed by atoms with Gasteiger partial charge in [0.2, 0.25) is 0 Å². The van der Waals surface area contributed by atoms with E-state index in [-0.39, 0.29) is 5.92 Å². The fourth-order valence-electron chi connectivity index (χ4n) is 2.65. The largest absolute Gasteiger partial charge is 0.303 e. The molecule has 0 spiro atoms. The summed E-state index contributed by atoms with van der Waals surface area (Å²) in [6, 6.07) is 0. The molecule has 0 N–H and O–H groups in total. The number of carbonyl (C=O) groups is 1. The Labute approximate surface area is 106 Å². The van der Waals surface area contributed by atoms with Gasteiger partial charge < -0.3 is 4.79 Å². The van der Waals surface area contributed by atoms with Crippen LogP contribution in [0.2, 0.25) is 0 Å². The van der Waals surface area contributed by atoms with Gasteiger partial charge in [0.15, 0.2) is 0 Å². The summed E-state index contributed by atoms with van der Waals surface area (Å²) < 4.78 is 0. The molecule has 17 heavy (non-hydrogen) atoms. The quantitative estimate of drug-likeness (QED) is 0.638. The third-order valence-corrected chi connectivity index (χ3v) is 4.08. The second-order valence-electron chi connectivity index (χ2n) is 6.11. The zero-order valence-electron chi connectivity index (χ0n) is 11.9. The first-order valence-electron chi connectivity index (χ1n) is 6.76. The van der Waals surface area contributed by atoms with Gasteiger partial charge in [-0.2, -0.15) is 0 Å². The second kappa shape index (κ2) is 5.66. The van der Waals surface area contributed by atoms with E-state index in [2.05, 4.69) is 39.8 Å². The van der Waals surface area contributed by atoms with Gasteiger partial charge in [-0.05, 0) is 30.6 Å². The molecule has 2 atom stereocenters. The molecule has 0 amide bonds. The zero-order chi connectivity index (χ0) is 13.1. The summed E-state index contributed by atoms with van der Waals surface area (Å²) in [7, 11) is 0. The van der Waals surface area contributed by atoms with E-state index in [1.54, 1.807) is 5.57 Å². The van der Waals surface area contributed by atoms with Crippen molar-refractivity contribution < 1.29 is 4.79 Å². The van der Waals surface area contributed by atoms with E-state index in [1.165, 1.54) is 12.0 Å². The van der Waals surface area contributed by atoms with Gasteiger partial charge in [-0.1, -0.05) is 57.9 Å². The average molecular weight is 234 g/mol. The van der Waals surface area contributed by atoms with Crippen molar-refractivity contribution in [3.05, 3.63) is 23.3 Å². The lowest BCUT2D eigenvalue weighted by Crippen LogP contribution is -2.21. The first-order chi connectivity index (χ1) is 7.90. The highest BCUT2D eigenvalue weighted by Crippen LogP contribution is 2.40. The molecule has 0 aromatic carbocycles. The summed E-state index contributed by atoms with van der Waals surface area (Å²) >= 11 is 0. The second-order valence-corrected chi connectivity index (χ2v) is 6.11. The first-order valence-corrected chi connectivity index (χ1v) is 6.76. The molecule has 0 bridgehead atoms. The van der Waals surface area contributed by atoms with E-state index in [4.69, 9.17) is 0 Å². The maximum atomic E-state index is 10.7. The van der Waals surface area contributed by atoms with Crippen molar-refractivity contribution in [3.8, 4) is 0 Å². The molecule has 1 nitrogen and oxygen atoms in total. The topological polar surface area (TPSA) is 17.1 Å². The number of allylic oxidation sites excluding steroid dienone is 4. The molecular formula is C16H26O. The van der Waals surface area contributed by atoms with Crippen molar-refractivity contribution in [2.75, 3.05) is 0 Å². The average Bonchev–Trinajstić information content (AvgIpc) is 2.28. The van der Waals surface area contributed by atoms with Crippen molar-refractivity contribution in [1.82, 2.24) is 0 Å². The number of rotatable bonds is 5. The van der Waals surface area contributed by atoms with Gasteiger partial charge in [-0.15, -0.1) is 0 Å². The van der Waals surface area contributed by atoms with Crippen LogP contribution in [0.25, 0.3) is 0 Å². The maximum absolute atomic E-state index is 10.7. The third-order valence-electron chi connectivity index (χ3n) is 4.08. The molecule has 2 unspecified atom stereocenters. The van der Waals surface area contributed by atoms with Crippen molar-refractivity contribution in [2.24, 2.45) is 17.3 Å². The molecule has 0 saturated heterocycles. The van der Waals surface area contributed by atoms with Crippen LogP contribution in [0.15, 0.2) is 23.3 Å². The van der Waals surface area contributed by atoms with Crippen molar-refractivity contribution >= 4 is 6.29 Å². The van der Waals surface area contributed by atoms with Crippen LogP contribution in [0.5, 0.6) is 0 Å². The minimum atomic E-state index is 0.155. The zero-order valence-corrected chi connectivity index (χ0v) is 11.9. The van der Waals surface area contributed by atoms with Crippen molar-refractivity contribution in [1.29, 1.82) is 0 Å². The maximum Gasteiger partial charge on any atom is 0.123 e. The predicted molar refractivity (Wildman–Crippen MR) is 73.9 cm³/mol. The number of aldehydes is 1. The Kier molecular flexibility index (Phi) is 4.73. The summed E-state index contributed by atoms with van der Waals surface area (Å²) in [4.78, 5) is 10.7. The van der Waals surface area contributed by atoms with Crippen LogP contribution >= 0.6 is 0 Å². The fraction of sp³-hybridized carbons (Fsp3) is 0.688. The molecular weight excluding hydrogens is 208 g/mol. The standard InChI is InChI=1S/C16H26O/c1-6-16(4,5)15-8-7-14(10-13(15)3)9-12(2)11-17/h7-8,11-13H,6,9-10H2,1-5H3. The van der Waals surface area contributed by atoms with Gasteiger partial charge in [-0.3, -0.25) is 0 Å². The van der Waals surface area contributed by atoms with E-state index < -0.39 is 0 Å². The van der Waals surface area contributed by atoms with Crippen LogP contribution < -0.4 is 0 Å². The smallest absolute Gasteiger partial charge is 0.123 e. The normalized spacial score (nSPS) is 22.8. The first kappa shape index (κ1) is 14.2. The molecule has 1 heteroatoms. The minimum Gasteiger partial charge on any atom is -0.303 e. The SMILES string of the molecule is CCC(C)(C)C1=CC=C(CC(C)C=O)CC1C. The Balaban J connectivity index is 2.82. The van der Waals surface area contributed by atoms with Crippen LogP contribution in [0.1, 0.15) is 53.9 Å². The van der Waals surface area contributed by atoms with E-state index in [1.807, 2.05) is 6.92 Å². The summed E-state index contributed by atoms with van der Waals surface area (Å²) in [6.45, 7) is 11.2. The minimum absolute atomic E-state index is 0.155. The lowest BCUT2D eigenvalue weighted by molar-refractivity contribution is -0.110. The highest BCUT2D eigenvalue weighted by molar-refractivity contribution is 5.53. The Morgan fingerprint density at radius 2 is 2.12 bits per heavy atom. The highest BCUT2D eigenvalue weighted by Gasteiger charge is 2.27. The van der Waals surface area contributed by atoms with Crippen LogP contribution in [-0.2, 0) is 4.79 Å². The number of carbonyl (C=O) groups excluding carboxylic acids is 1. The lowest BCUT2D eigenvalue weighted by Gasteiger charge is -2.34. The van der Waals surface area contributed by atoms with Crippen molar-refractivity contribution in [3.63, 3.8) is 0 Å². The summed E-state index contributed by atoms with van der Waals surface area (Å²) in [5.74, 6) is 0.770. The summed E-state index contributed by atoms with van der Waals surface area (Å²) in [5.41, 5.74) is 3.29. The van der Waals surface area contributed by atoms with Gasteiger partial charge in [-0.25, -0.2) is 0 Å². The predicted octanol–water partition coefficient (Wildman–Crippen LogP) is 4.54. The van der Waals surface area contributed by atoms with Gasteiger partial charge in [0, 0.05) is 5.92 Å². The fourth-order valence-corrected chi connectivity index (χ4v) is 2.65. The molecule has 0 saturated carbocycles. The Morgan fingerprint density at radius 3 is 2.59 bits per heavy atom. The third kappa shape index (κ3) is 3.55. The molecule has 1 rings (SSSR count). The Hall–Kier alpha value is -0.850. The summed E-state index contributed by atoms with van der Waals surface area (Å²) in [6.07, 6.45) is 8.81. The molecule has 1 aliphatic rings. The Morgan fingerprint density at radius 1 is 1.47 bits per heavy atom. The van der Waals surface area contributed by atoms with Crippen LogP contribution in [0, 0.1) is 17.3 Å². The highest BCUT2D eigenvalue weighted by atomic mass is 16.1. The van der Waals surface area contributed by atoms with Crippen molar-refractivity contribution in [2.45, 2.75) is 53.9 Å². The van der Waals surface area contributed by atoms with Gasteiger partial charge in [0.25, 0.3) is 0 Å². The van der Waals surface area contributed by atoms with E-state index in [0.29, 0.717) is 11.3 Å². The molecule has 0 aromatic rings. The Bertz CT molecular complexity index is 333. The van der Waals surface area contributed by atoms with Crippen LogP contribution in [0.3, 0.4) is 0 Å². The van der Waals surface area contributed by atoms with E-state index in [0.717, 1.165) is 19.1 Å². The lowest BCUT2D eigenvalue weighted by atomic mass is 9.71. The van der Waals surface area contributed by atoms with Gasteiger partial charge >= 0.3 is 0 Å².